The molecule has 1 aliphatic heterocycles. The van der Waals surface area contributed by atoms with Crippen LogP contribution in [0.2, 0.25) is 0 Å². The van der Waals surface area contributed by atoms with E-state index in [-0.39, 0.29) is 5.54 Å². The zero-order valence-corrected chi connectivity index (χ0v) is 11.1. The predicted octanol–water partition coefficient (Wildman–Crippen LogP) is 2.16. The number of hydrogen-bond donors (Lipinski definition) is 0. The summed E-state index contributed by atoms with van der Waals surface area (Å²) in [4.78, 5) is 2.45. The van der Waals surface area contributed by atoms with E-state index in [0.29, 0.717) is 0 Å². The molecular weight excluding hydrogens is 224 g/mol. The van der Waals surface area contributed by atoms with Crippen molar-refractivity contribution in [1.29, 1.82) is 0 Å². The van der Waals surface area contributed by atoms with Gasteiger partial charge in [-0.05, 0) is 31.9 Å². The number of aryl methyl sites for hydroxylation is 1. The number of benzene rings is 1. The quantitative estimate of drug-likeness (QED) is 0.809. The van der Waals surface area contributed by atoms with Gasteiger partial charge in [0.25, 0.3) is 0 Å². The highest BCUT2D eigenvalue weighted by molar-refractivity contribution is 5.61. The van der Waals surface area contributed by atoms with Crippen molar-refractivity contribution in [3.63, 3.8) is 0 Å². The van der Waals surface area contributed by atoms with E-state index in [9.17, 15) is 0 Å². The normalized spacial score (nSPS) is 16.9. The summed E-state index contributed by atoms with van der Waals surface area (Å²) in [5, 5.41) is 7.96. The second-order valence-electron chi connectivity index (χ2n) is 5.55. The highest BCUT2D eigenvalue weighted by atomic mass is 15.4. The van der Waals surface area contributed by atoms with Gasteiger partial charge in [0.05, 0.1) is 18.4 Å². The van der Waals surface area contributed by atoms with Gasteiger partial charge in [-0.25, -0.2) is 0 Å². The fraction of sp³-hybridized carbons (Fsp3) is 0.429. The van der Waals surface area contributed by atoms with Crippen molar-refractivity contribution in [3.8, 4) is 0 Å². The molecule has 4 nitrogen and oxygen atoms in total. The Morgan fingerprint density at radius 2 is 2.06 bits per heavy atom. The third-order valence-electron chi connectivity index (χ3n) is 3.76. The summed E-state index contributed by atoms with van der Waals surface area (Å²) in [6, 6.07) is 8.64. The molecule has 94 valence electrons. The van der Waals surface area contributed by atoms with Crippen LogP contribution < -0.4 is 4.90 Å². The zero-order valence-electron chi connectivity index (χ0n) is 11.1. The summed E-state index contributed by atoms with van der Waals surface area (Å²) in [6.07, 6.45) is 2.94. The average Bonchev–Trinajstić information content (AvgIpc) is 2.82. The van der Waals surface area contributed by atoms with Crippen LogP contribution in [0.3, 0.4) is 0 Å². The monoisotopic (exact) mass is 242 g/mol. The van der Waals surface area contributed by atoms with Crippen molar-refractivity contribution in [1.82, 2.24) is 15.0 Å². The topological polar surface area (TPSA) is 34.0 Å². The van der Waals surface area contributed by atoms with Crippen molar-refractivity contribution in [2.45, 2.75) is 32.4 Å². The van der Waals surface area contributed by atoms with E-state index in [2.05, 4.69) is 53.3 Å². The van der Waals surface area contributed by atoms with E-state index in [1.54, 1.807) is 0 Å². The number of rotatable bonds is 2. The first-order valence-electron chi connectivity index (χ1n) is 6.27. The third kappa shape index (κ3) is 1.68. The molecule has 4 heteroatoms. The first-order chi connectivity index (χ1) is 8.58. The lowest BCUT2D eigenvalue weighted by Gasteiger charge is -2.34. The van der Waals surface area contributed by atoms with Crippen molar-refractivity contribution in [3.05, 3.63) is 41.7 Å². The largest absolute Gasteiger partial charge is 0.360 e. The Kier molecular flexibility index (Phi) is 2.40. The number of aromatic nitrogens is 3. The zero-order chi connectivity index (χ0) is 12.8. The van der Waals surface area contributed by atoms with Crippen LogP contribution in [0.15, 0.2) is 30.5 Å². The lowest BCUT2D eigenvalue weighted by atomic mass is 9.99. The first kappa shape index (κ1) is 11.3. The molecule has 0 bridgehead atoms. The maximum Gasteiger partial charge on any atom is 0.0777 e. The summed E-state index contributed by atoms with van der Waals surface area (Å²) < 4.78 is 1.84. The van der Waals surface area contributed by atoms with E-state index < -0.39 is 0 Å². The van der Waals surface area contributed by atoms with Gasteiger partial charge < -0.3 is 4.90 Å². The molecule has 0 N–H and O–H groups in total. The number of para-hydroxylation sites is 1. The lowest BCUT2D eigenvalue weighted by molar-refractivity contribution is 0.476. The Balaban J connectivity index is 1.98. The number of hydrogen-bond acceptors (Lipinski definition) is 3. The standard InChI is InChI=1S/C14H18N4/c1-14(2)8-11-6-4-5-7-13(11)18(14)10-12-9-15-16-17(12)3/h4-7,9H,8,10H2,1-3H3. The fourth-order valence-corrected chi connectivity index (χ4v) is 2.73. The number of nitrogens with zero attached hydrogens (tertiary/aromatic N) is 4. The molecule has 3 rings (SSSR count). The van der Waals surface area contributed by atoms with Crippen LogP contribution in [0, 0.1) is 0 Å². The second kappa shape index (κ2) is 3.83. The number of anilines is 1. The molecular formula is C14H18N4. The van der Waals surface area contributed by atoms with Gasteiger partial charge in [0.15, 0.2) is 0 Å². The molecule has 0 saturated heterocycles. The molecule has 0 amide bonds. The van der Waals surface area contributed by atoms with Crippen molar-refractivity contribution in [2.75, 3.05) is 4.90 Å². The summed E-state index contributed by atoms with van der Waals surface area (Å²) in [7, 11) is 1.94. The Morgan fingerprint density at radius 1 is 1.28 bits per heavy atom. The van der Waals surface area contributed by atoms with Crippen molar-refractivity contribution < 1.29 is 0 Å². The summed E-state index contributed by atoms with van der Waals surface area (Å²) >= 11 is 0. The van der Waals surface area contributed by atoms with Crippen LogP contribution in [0.1, 0.15) is 25.1 Å². The van der Waals surface area contributed by atoms with E-state index in [0.717, 1.165) is 18.7 Å². The molecule has 0 saturated carbocycles. The van der Waals surface area contributed by atoms with Gasteiger partial charge in [0.2, 0.25) is 0 Å². The molecule has 0 aliphatic carbocycles. The van der Waals surface area contributed by atoms with Gasteiger partial charge in [-0.3, -0.25) is 4.68 Å². The van der Waals surface area contributed by atoms with Crippen LogP contribution in [-0.2, 0) is 20.0 Å². The summed E-state index contributed by atoms with van der Waals surface area (Å²) in [5.41, 5.74) is 4.05. The number of fused-ring (bicyclic) bond motifs is 1. The minimum Gasteiger partial charge on any atom is -0.360 e. The Labute approximate surface area is 107 Å². The summed E-state index contributed by atoms with van der Waals surface area (Å²) in [6.45, 7) is 5.43. The van der Waals surface area contributed by atoms with Gasteiger partial charge in [-0.15, -0.1) is 5.10 Å². The van der Waals surface area contributed by atoms with Crippen LogP contribution in [0.4, 0.5) is 5.69 Å². The van der Waals surface area contributed by atoms with Crippen LogP contribution >= 0.6 is 0 Å². The van der Waals surface area contributed by atoms with Crippen molar-refractivity contribution >= 4 is 5.69 Å². The molecule has 0 spiro atoms. The minimum atomic E-state index is 0.147. The van der Waals surface area contributed by atoms with Gasteiger partial charge in [0, 0.05) is 18.3 Å². The molecule has 1 aliphatic rings. The highest BCUT2D eigenvalue weighted by Gasteiger charge is 2.35. The maximum atomic E-state index is 4.00. The van der Waals surface area contributed by atoms with E-state index in [4.69, 9.17) is 0 Å². The smallest absolute Gasteiger partial charge is 0.0777 e. The minimum absolute atomic E-state index is 0.147. The molecule has 18 heavy (non-hydrogen) atoms. The predicted molar refractivity (Wildman–Crippen MR) is 71.4 cm³/mol. The van der Waals surface area contributed by atoms with Gasteiger partial charge in [0.1, 0.15) is 0 Å². The lowest BCUT2D eigenvalue weighted by Crippen LogP contribution is -2.41. The Hall–Kier alpha value is -1.84. The SMILES string of the molecule is Cn1nncc1CN1c2ccccc2CC1(C)C. The fourth-order valence-electron chi connectivity index (χ4n) is 2.73. The second-order valence-corrected chi connectivity index (χ2v) is 5.55. The van der Waals surface area contributed by atoms with Crippen molar-refractivity contribution in [2.24, 2.45) is 7.05 Å². The van der Waals surface area contributed by atoms with E-state index >= 15 is 0 Å². The van der Waals surface area contributed by atoms with Crippen LogP contribution in [-0.4, -0.2) is 20.5 Å². The molecule has 0 fully saturated rings. The maximum absolute atomic E-state index is 4.00. The van der Waals surface area contributed by atoms with Gasteiger partial charge in [-0.2, -0.15) is 0 Å². The summed E-state index contributed by atoms with van der Waals surface area (Å²) in [5.74, 6) is 0. The van der Waals surface area contributed by atoms with E-state index in [1.165, 1.54) is 11.3 Å². The highest BCUT2D eigenvalue weighted by Crippen LogP contribution is 2.39. The van der Waals surface area contributed by atoms with Crippen LogP contribution in [0.5, 0.6) is 0 Å². The molecule has 2 aromatic rings. The molecule has 1 aromatic heterocycles. The van der Waals surface area contributed by atoms with Crippen LogP contribution in [0.25, 0.3) is 0 Å². The molecule has 0 unspecified atom stereocenters. The Bertz CT molecular complexity index is 571. The molecule has 0 atom stereocenters. The molecule has 0 radical (unpaired) electrons. The first-order valence-corrected chi connectivity index (χ1v) is 6.27. The Morgan fingerprint density at radius 3 is 2.78 bits per heavy atom. The van der Waals surface area contributed by atoms with Gasteiger partial charge in [-0.1, -0.05) is 23.4 Å². The van der Waals surface area contributed by atoms with E-state index in [1.807, 2.05) is 17.9 Å². The average molecular weight is 242 g/mol. The molecule has 2 heterocycles. The molecule has 1 aromatic carbocycles. The van der Waals surface area contributed by atoms with Gasteiger partial charge >= 0.3 is 0 Å². The third-order valence-corrected chi connectivity index (χ3v) is 3.76.